The lowest BCUT2D eigenvalue weighted by Gasteiger charge is -2.18. The third-order valence-electron chi connectivity index (χ3n) is 5.44. The molecule has 0 bridgehead atoms. The number of nitrogens with one attached hydrogen (secondary N) is 1. The van der Waals surface area contributed by atoms with Crippen molar-refractivity contribution < 1.29 is 14.3 Å². The molecule has 0 saturated carbocycles. The van der Waals surface area contributed by atoms with Crippen molar-refractivity contribution in [3.8, 4) is 5.75 Å². The Labute approximate surface area is 170 Å². The van der Waals surface area contributed by atoms with E-state index in [0.29, 0.717) is 28.1 Å². The summed E-state index contributed by atoms with van der Waals surface area (Å²) in [6.45, 7) is 6.43. The number of nitrogens with two attached hydrogens (primary N) is 1. The summed E-state index contributed by atoms with van der Waals surface area (Å²) in [6.07, 6.45) is 3.87. The maximum Gasteiger partial charge on any atom is 0.262 e. The van der Waals surface area contributed by atoms with E-state index >= 15 is 0 Å². The summed E-state index contributed by atoms with van der Waals surface area (Å²) in [5.74, 6) is 0.954. The second kappa shape index (κ2) is 8.78. The molecule has 0 fully saturated rings. The lowest BCUT2D eigenvalue weighted by Crippen LogP contribution is -2.22. The first-order valence-electron chi connectivity index (χ1n) is 9.86. The molecular weight excluding hydrogens is 372 g/mol. The fraction of sp³-hybridized carbons (Fsp3) is 0.455. The molecule has 0 saturated heterocycles. The summed E-state index contributed by atoms with van der Waals surface area (Å²) in [7, 11) is 0. The standard InChI is InChI=1S/C22H28N2O3S/c1-4-14(3)15-6-8-16(9-7-15)27-12-19(25)24-22-20(21(23)26)17-10-5-13(2)11-18(17)28-22/h6-9,13-14H,4-5,10-12H2,1-3H3,(H2,23,26)(H,24,25)/t13-,14-/m0/s1. The van der Waals surface area contributed by atoms with E-state index in [1.165, 1.54) is 16.9 Å². The van der Waals surface area contributed by atoms with Crippen molar-refractivity contribution in [2.75, 3.05) is 11.9 Å². The van der Waals surface area contributed by atoms with Gasteiger partial charge in [0.25, 0.3) is 11.8 Å². The number of carbonyl (C=O) groups excluding carboxylic acids is 2. The van der Waals surface area contributed by atoms with Crippen molar-refractivity contribution in [1.82, 2.24) is 0 Å². The van der Waals surface area contributed by atoms with Crippen LogP contribution in [0, 0.1) is 5.92 Å². The second-order valence-corrected chi connectivity index (χ2v) is 8.74. The molecule has 150 valence electrons. The van der Waals surface area contributed by atoms with E-state index in [0.717, 1.165) is 36.1 Å². The Kier molecular flexibility index (Phi) is 6.39. The summed E-state index contributed by atoms with van der Waals surface area (Å²) in [4.78, 5) is 25.5. The molecule has 1 aromatic carbocycles. The SMILES string of the molecule is CC[C@H](C)c1ccc(OCC(=O)Nc2sc3c(c2C(N)=O)CC[C@H](C)C3)cc1. The van der Waals surface area contributed by atoms with Gasteiger partial charge in [0.1, 0.15) is 10.8 Å². The Morgan fingerprint density at radius 2 is 2.04 bits per heavy atom. The zero-order valence-corrected chi connectivity index (χ0v) is 17.5. The molecule has 28 heavy (non-hydrogen) atoms. The lowest BCUT2D eigenvalue weighted by atomic mass is 9.88. The van der Waals surface area contributed by atoms with Crippen LogP contribution in [0.2, 0.25) is 0 Å². The zero-order chi connectivity index (χ0) is 20.3. The minimum Gasteiger partial charge on any atom is -0.484 e. The fourth-order valence-electron chi connectivity index (χ4n) is 3.54. The van der Waals surface area contributed by atoms with Crippen LogP contribution in [0.25, 0.3) is 0 Å². The Bertz CT molecular complexity index is 857. The first-order chi connectivity index (χ1) is 13.4. The zero-order valence-electron chi connectivity index (χ0n) is 16.7. The molecule has 1 aliphatic rings. The number of fused-ring (bicyclic) bond motifs is 1. The van der Waals surface area contributed by atoms with Crippen molar-refractivity contribution in [2.45, 2.75) is 52.4 Å². The van der Waals surface area contributed by atoms with Gasteiger partial charge in [-0.15, -0.1) is 11.3 Å². The Morgan fingerprint density at radius 3 is 2.68 bits per heavy atom. The predicted molar refractivity (Wildman–Crippen MR) is 113 cm³/mol. The van der Waals surface area contributed by atoms with Crippen LogP contribution in [0.5, 0.6) is 5.75 Å². The van der Waals surface area contributed by atoms with E-state index in [2.05, 4.69) is 26.1 Å². The van der Waals surface area contributed by atoms with Crippen LogP contribution in [0.3, 0.4) is 0 Å². The average molecular weight is 401 g/mol. The van der Waals surface area contributed by atoms with E-state index in [-0.39, 0.29) is 12.5 Å². The number of primary amides is 1. The molecule has 2 aromatic rings. The highest BCUT2D eigenvalue weighted by Crippen LogP contribution is 2.39. The van der Waals surface area contributed by atoms with Crippen molar-refractivity contribution in [1.29, 1.82) is 0 Å². The smallest absolute Gasteiger partial charge is 0.262 e. The molecule has 2 atom stereocenters. The number of benzene rings is 1. The van der Waals surface area contributed by atoms with Gasteiger partial charge in [0.05, 0.1) is 5.56 Å². The molecule has 1 aliphatic carbocycles. The van der Waals surface area contributed by atoms with Gasteiger partial charge in [-0.05, 0) is 60.8 Å². The first-order valence-corrected chi connectivity index (χ1v) is 10.7. The van der Waals surface area contributed by atoms with Gasteiger partial charge in [-0.25, -0.2) is 0 Å². The first kappa shape index (κ1) is 20.4. The van der Waals surface area contributed by atoms with Gasteiger partial charge in [0.2, 0.25) is 0 Å². The average Bonchev–Trinajstić information content (AvgIpc) is 3.03. The number of rotatable bonds is 7. The number of hydrogen-bond acceptors (Lipinski definition) is 4. The largest absolute Gasteiger partial charge is 0.484 e. The van der Waals surface area contributed by atoms with Crippen molar-refractivity contribution in [3.05, 3.63) is 45.8 Å². The number of ether oxygens (including phenoxy) is 1. The highest BCUT2D eigenvalue weighted by atomic mass is 32.1. The molecule has 1 heterocycles. The predicted octanol–water partition coefficient (Wildman–Crippen LogP) is 4.50. The van der Waals surface area contributed by atoms with Crippen molar-refractivity contribution in [3.63, 3.8) is 0 Å². The van der Waals surface area contributed by atoms with Gasteiger partial charge in [-0.1, -0.05) is 32.9 Å². The van der Waals surface area contributed by atoms with E-state index in [1.807, 2.05) is 24.3 Å². The maximum atomic E-state index is 12.4. The molecule has 3 rings (SSSR count). The summed E-state index contributed by atoms with van der Waals surface area (Å²) < 4.78 is 5.60. The van der Waals surface area contributed by atoms with Gasteiger partial charge in [0, 0.05) is 4.88 Å². The van der Waals surface area contributed by atoms with E-state index in [9.17, 15) is 9.59 Å². The molecule has 1 aromatic heterocycles. The lowest BCUT2D eigenvalue weighted by molar-refractivity contribution is -0.118. The van der Waals surface area contributed by atoms with Gasteiger partial charge in [-0.2, -0.15) is 0 Å². The van der Waals surface area contributed by atoms with Gasteiger partial charge in [0.15, 0.2) is 6.61 Å². The minimum atomic E-state index is -0.482. The molecular formula is C22H28N2O3S. The van der Waals surface area contributed by atoms with Crippen molar-refractivity contribution in [2.24, 2.45) is 11.7 Å². The third kappa shape index (κ3) is 4.55. The van der Waals surface area contributed by atoms with E-state index < -0.39 is 5.91 Å². The summed E-state index contributed by atoms with van der Waals surface area (Å²) in [5.41, 5.74) is 8.32. The molecule has 5 nitrogen and oxygen atoms in total. The van der Waals surface area contributed by atoms with Gasteiger partial charge < -0.3 is 15.8 Å². The van der Waals surface area contributed by atoms with E-state index in [4.69, 9.17) is 10.5 Å². The number of hydrogen-bond donors (Lipinski definition) is 2. The molecule has 3 N–H and O–H groups in total. The Balaban J connectivity index is 1.64. The topological polar surface area (TPSA) is 81.4 Å². The van der Waals surface area contributed by atoms with E-state index in [1.54, 1.807) is 0 Å². The van der Waals surface area contributed by atoms with Gasteiger partial charge >= 0.3 is 0 Å². The molecule has 0 unspecified atom stereocenters. The van der Waals surface area contributed by atoms with Crippen LogP contribution in [0.15, 0.2) is 24.3 Å². The number of amides is 2. The number of anilines is 1. The molecule has 2 amide bonds. The van der Waals surface area contributed by atoms with Gasteiger partial charge in [-0.3, -0.25) is 9.59 Å². The minimum absolute atomic E-state index is 0.111. The normalized spacial score (nSPS) is 16.9. The maximum absolute atomic E-state index is 12.4. The summed E-state index contributed by atoms with van der Waals surface area (Å²) >= 11 is 1.46. The summed E-state index contributed by atoms with van der Waals surface area (Å²) in [6, 6.07) is 7.83. The Morgan fingerprint density at radius 1 is 1.32 bits per heavy atom. The quantitative estimate of drug-likeness (QED) is 0.718. The van der Waals surface area contributed by atoms with Crippen LogP contribution >= 0.6 is 11.3 Å². The van der Waals surface area contributed by atoms with Crippen LogP contribution in [0.1, 0.15) is 65.9 Å². The summed E-state index contributed by atoms with van der Waals surface area (Å²) in [5, 5.41) is 3.38. The molecule has 6 heteroatoms. The molecule has 0 aliphatic heterocycles. The number of carbonyl (C=O) groups is 2. The van der Waals surface area contributed by atoms with Crippen LogP contribution < -0.4 is 15.8 Å². The van der Waals surface area contributed by atoms with Crippen LogP contribution in [-0.2, 0) is 17.6 Å². The fourth-order valence-corrected chi connectivity index (χ4v) is 4.97. The van der Waals surface area contributed by atoms with Crippen LogP contribution in [0.4, 0.5) is 5.00 Å². The second-order valence-electron chi connectivity index (χ2n) is 7.64. The monoisotopic (exact) mass is 400 g/mol. The number of thiophene rings is 1. The molecule has 0 radical (unpaired) electrons. The molecule has 0 spiro atoms. The Hall–Kier alpha value is -2.34. The third-order valence-corrected chi connectivity index (χ3v) is 6.61. The van der Waals surface area contributed by atoms with Crippen LogP contribution in [-0.4, -0.2) is 18.4 Å². The van der Waals surface area contributed by atoms with Crippen molar-refractivity contribution >= 4 is 28.2 Å². The highest BCUT2D eigenvalue weighted by molar-refractivity contribution is 7.17. The highest BCUT2D eigenvalue weighted by Gasteiger charge is 2.27.